The van der Waals surface area contributed by atoms with Crippen LogP contribution in [0.2, 0.25) is 5.02 Å². The summed E-state index contributed by atoms with van der Waals surface area (Å²) in [4.78, 5) is 17.7. The van der Waals surface area contributed by atoms with Crippen molar-refractivity contribution in [1.29, 1.82) is 0 Å². The van der Waals surface area contributed by atoms with E-state index in [1.54, 1.807) is 6.20 Å². The van der Waals surface area contributed by atoms with Crippen LogP contribution in [0.3, 0.4) is 0 Å². The van der Waals surface area contributed by atoms with Crippen LogP contribution in [0.1, 0.15) is 27.7 Å². The Hall–Kier alpha value is -2.68. The molecule has 30 heavy (non-hydrogen) atoms. The van der Waals surface area contributed by atoms with E-state index in [4.69, 9.17) is 16.3 Å². The van der Waals surface area contributed by atoms with E-state index in [-0.39, 0.29) is 5.91 Å². The third-order valence-corrected chi connectivity index (χ3v) is 6.38. The van der Waals surface area contributed by atoms with Gasteiger partial charge < -0.3 is 4.74 Å². The zero-order chi connectivity index (χ0) is 21.1. The summed E-state index contributed by atoms with van der Waals surface area (Å²) in [6.07, 6.45) is 3.71. The minimum atomic E-state index is -0.190. The number of anilines is 1. The lowest BCUT2D eigenvalue weighted by Crippen LogP contribution is -2.09. The summed E-state index contributed by atoms with van der Waals surface area (Å²) < 4.78 is 7.64. The number of thiazole rings is 1. The lowest BCUT2D eigenvalue weighted by molar-refractivity contribution is 0.103. The molecule has 9 heteroatoms. The summed E-state index contributed by atoms with van der Waals surface area (Å²) in [6.45, 7) is 5.15. The number of aromatic nitrogens is 3. The van der Waals surface area contributed by atoms with Crippen molar-refractivity contribution in [3.63, 3.8) is 0 Å². The first kappa shape index (κ1) is 20.6. The van der Waals surface area contributed by atoms with Crippen molar-refractivity contribution in [2.45, 2.75) is 27.0 Å². The van der Waals surface area contributed by atoms with Gasteiger partial charge in [0.15, 0.2) is 5.13 Å². The van der Waals surface area contributed by atoms with E-state index in [0.717, 1.165) is 28.9 Å². The maximum Gasteiger partial charge on any atom is 0.267 e. The number of hydrogen-bond donors (Lipinski definition) is 1. The first-order chi connectivity index (χ1) is 14.5. The second-order valence-corrected chi connectivity index (χ2v) is 8.80. The third kappa shape index (κ3) is 4.72. The van der Waals surface area contributed by atoms with E-state index in [1.165, 1.54) is 22.7 Å². The predicted molar refractivity (Wildman–Crippen MR) is 122 cm³/mol. The second-order valence-electron chi connectivity index (χ2n) is 6.62. The average molecular weight is 459 g/mol. The van der Waals surface area contributed by atoms with Crippen LogP contribution in [0.5, 0.6) is 5.75 Å². The summed E-state index contributed by atoms with van der Waals surface area (Å²) in [6, 6.07) is 7.46. The fraction of sp³-hybridized carbons (Fsp3) is 0.190. The maximum atomic E-state index is 12.6. The van der Waals surface area contributed by atoms with E-state index in [1.807, 2.05) is 59.8 Å². The van der Waals surface area contributed by atoms with E-state index in [9.17, 15) is 4.79 Å². The molecule has 0 aliphatic carbocycles. The van der Waals surface area contributed by atoms with Crippen molar-refractivity contribution in [2.24, 2.45) is 0 Å². The standard InChI is InChI=1S/C21H19ClN4O2S2/c1-3-26-9-15(8-23-26)17-12-30-21(24-17)25-20(27)19-7-14(11-29-19)10-28-18-6-13(2)4-5-16(18)22/h4-9,11-12H,3,10H2,1-2H3,(H,24,25,27). The average Bonchev–Trinajstić information content (AvgIpc) is 3.48. The van der Waals surface area contributed by atoms with Crippen LogP contribution >= 0.6 is 34.3 Å². The van der Waals surface area contributed by atoms with Crippen molar-refractivity contribution >= 4 is 45.3 Å². The molecule has 3 aromatic heterocycles. The molecule has 0 saturated carbocycles. The number of carbonyl (C=O) groups is 1. The van der Waals surface area contributed by atoms with Gasteiger partial charge in [0.25, 0.3) is 5.91 Å². The Morgan fingerprint density at radius 3 is 2.93 bits per heavy atom. The number of nitrogens with zero attached hydrogens (tertiary/aromatic N) is 3. The van der Waals surface area contributed by atoms with Crippen LogP contribution in [0.15, 0.2) is 47.4 Å². The number of rotatable bonds is 7. The number of nitrogens with one attached hydrogen (secondary N) is 1. The predicted octanol–water partition coefficient (Wildman–Crippen LogP) is 5.88. The van der Waals surface area contributed by atoms with Gasteiger partial charge in [-0.1, -0.05) is 17.7 Å². The topological polar surface area (TPSA) is 69.0 Å². The van der Waals surface area contributed by atoms with E-state index in [2.05, 4.69) is 15.4 Å². The molecule has 0 aliphatic heterocycles. The molecule has 0 unspecified atom stereocenters. The summed E-state index contributed by atoms with van der Waals surface area (Å²) in [5.41, 5.74) is 3.71. The Balaban J connectivity index is 1.38. The lowest BCUT2D eigenvalue weighted by atomic mass is 10.2. The van der Waals surface area contributed by atoms with Crippen molar-refractivity contribution in [3.05, 3.63) is 68.4 Å². The number of thiophene rings is 1. The zero-order valence-electron chi connectivity index (χ0n) is 16.4. The Morgan fingerprint density at radius 2 is 2.13 bits per heavy atom. The van der Waals surface area contributed by atoms with Crippen LogP contribution in [0.4, 0.5) is 5.13 Å². The van der Waals surface area contributed by atoms with E-state index >= 15 is 0 Å². The minimum Gasteiger partial charge on any atom is -0.487 e. The molecule has 1 N–H and O–H groups in total. The molecule has 154 valence electrons. The normalized spacial score (nSPS) is 10.9. The first-order valence-electron chi connectivity index (χ1n) is 9.28. The second kappa shape index (κ2) is 8.99. The van der Waals surface area contributed by atoms with Gasteiger partial charge in [0.05, 0.1) is 21.8 Å². The molecule has 4 rings (SSSR count). The molecule has 6 nitrogen and oxygen atoms in total. The molecular formula is C21H19ClN4O2S2. The molecule has 3 heterocycles. The van der Waals surface area contributed by atoms with Gasteiger partial charge in [-0.15, -0.1) is 22.7 Å². The van der Waals surface area contributed by atoms with Crippen LogP contribution in [-0.4, -0.2) is 20.7 Å². The highest BCUT2D eigenvalue weighted by Crippen LogP contribution is 2.28. The quantitative estimate of drug-likeness (QED) is 0.375. The number of aryl methyl sites for hydroxylation is 2. The molecule has 0 aliphatic rings. The Morgan fingerprint density at radius 1 is 1.27 bits per heavy atom. The molecule has 0 bridgehead atoms. The van der Waals surface area contributed by atoms with Crippen LogP contribution < -0.4 is 10.1 Å². The van der Waals surface area contributed by atoms with E-state index in [0.29, 0.717) is 27.4 Å². The van der Waals surface area contributed by atoms with Crippen molar-refractivity contribution in [3.8, 4) is 17.0 Å². The molecule has 1 aromatic carbocycles. The van der Waals surface area contributed by atoms with Crippen molar-refractivity contribution < 1.29 is 9.53 Å². The monoisotopic (exact) mass is 458 g/mol. The minimum absolute atomic E-state index is 0.190. The molecular weight excluding hydrogens is 440 g/mol. The van der Waals surface area contributed by atoms with Crippen LogP contribution in [0, 0.1) is 6.92 Å². The van der Waals surface area contributed by atoms with Crippen LogP contribution in [0.25, 0.3) is 11.3 Å². The molecule has 1 amide bonds. The highest BCUT2D eigenvalue weighted by atomic mass is 35.5. The Bertz CT molecular complexity index is 1180. The molecule has 0 spiro atoms. The van der Waals surface area contributed by atoms with Gasteiger partial charge in [-0.05, 0) is 43.0 Å². The Labute approximate surface area is 187 Å². The van der Waals surface area contributed by atoms with Crippen LogP contribution in [-0.2, 0) is 13.2 Å². The number of amides is 1. The van der Waals surface area contributed by atoms with Gasteiger partial charge in [0.1, 0.15) is 12.4 Å². The number of carbonyl (C=O) groups excluding carboxylic acids is 1. The number of halogens is 1. The summed E-state index contributed by atoms with van der Waals surface area (Å²) in [5, 5.41) is 12.1. The summed E-state index contributed by atoms with van der Waals surface area (Å²) >= 11 is 8.92. The first-order valence-corrected chi connectivity index (χ1v) is 11.4. The lowest BCUT2D eigenvalue weighted by Gasteiger charge is -2.07. The van der Waals surface area contributed by atoms with Gasteiger partial charge in [0, 0.05) is 29.2 Å². The van der Waals surface area contributed by atoms with Gasteiger partial charge in [0.2, 0.25) is 0 Å². The molecule has 4 aromatic rings. The van der Waals surface area contributed by atoms with Gasteiger partial charge >= 0.3 is 0 Å². The van der Waals surface area contributed by atoms with Crippen molar-refractivity contribution in [2.75, 3.05) is 5.32 Å². The maximum absolute atomic E-state index is 12.6. The highest BCUT2D eigenvalue weighted by Gasteiger charge is 2.14. The Kier molecular flexibility index (Phi) is 6.17. The highest BCUT2D eigenvalue weighted by molar-refractivity contribution is 7.14. The smallest absolute Gasteiger partial charge is 0.267 e. The third-order valence-electron chi connectivity index (χ3n) is 4.34. The fourth-order valence-corrected chi connectivity index (χ4v) is 4.42. The fourth-order valence-electron chi connectivity index (χ4n) is 2.74. The number of ether oxygens (including phenoxy) is 1. The number of benzene rings is 1. The number of hydrogen-bond acceptors (Lipinski definition) is 6. The molecule has 0 atom stereocenters. The van der Waals surface area contributed by atoms with Gasteiger partial charge in [-0.3, -0.25) is 14.8 Å². The van der Waals surface area contributed by atoms with E-state index < -0.39 is 0 Å². The molecule has 0 radical (unpaired) electrons. The zero-order valence-corrected chi connectivity index (χ0v) is 18.8. The van der Waals surface area contributed by atoms with Crippen molar-refractivity contribution in [1.82, 2.24) is 14.8 Å². The molecule has 0 saturated heterocycles. The summed E-state index contributed by atoms with van der Waals surface area (Å²) in [7, 11) is 0. The molecule has 0 fully saturated rings. The largest absolute Gasteiger partial charge is 0.487 e. The summed E-state index contributed by atoms with van der Waals surface area (Å²) in [5.74, 6) is 0.445. The van der Waals surface area contributed by atoms with Gasteiger partial charge in [-0.2, -0.15) is 5.10 Å². The SMILES string of the molecule is CCn1cc(-c2csc(NC(=O)c3cc(COc4cc(C)ccc4Cl)cs3)n2)cn1. The van der Waals surface area contributed by atoms with Gasteiger partial charge in [-0.25, -0.2) is 4.98 Å².